The molecule has 0 spiro atoms. The first kappa shape index (κ1) is 16.5. The van der Waals surface area contributed by atoms with E-state index >= 15 is 0 Å². The number of anilines is 1. The predicted molar refractivity (Wildman–Crippen MR) is 96.9 cm³/mol. The number of rotatable bonds is 2. The van der Waals surface area contributed by atoms with Gasteiger partial charge < -0.3 is 5.32 Å². The second-order valence-corrected chi connectivity index (χ2v) is 6.09. The Morgan fingerprint density at radius 1 is 1.09 bits per heavy atom. The van der Waals surface area contributed by atoms with Crippen molar-refractivity contribution in [3.05, 3.63) is 63.6 Å². The summed E-state index contributed by atoms with van der Waals surface area (Å²) in [5, 5.41) is 3.39. The average molecular weight is 378 g/mol. The molecule has 0 saturated carbocycles. The summed E-state index contributed by atoms with van der Waals surface area (Å²) >= 11 is 8.53. The Hall–Kier alpha value is -1.92. The predicted octanol–water partition coefficient (Wildman–Crippen LogP) is 3.70. The van der Waals surface area contributed by atoms with E-state index in [4.69, 9.17) is 12.2 Å². The Morgan fingerprint density at radius 2 is 1.82 bits per heavy atom. The van der Waals surface area contributed by atoms with E-state index in [0.717, 1.165) is 21.3 Å². The summed E-state index contributed by atoms with van der Waals surface area (Å²) < 4.78 is 0.725. The first-order chi connectivity index (χ1) is 10.5. The van der Waals surface area contributed by atoms with Gasteiger partial charge in [0.25, 0.3) is 5.91 Å². The minimum absolute atomic E-state index is 0.266. The van der Waals surface area contributed by atoms with Crippen LogP contribution in [-0.4, -0.2) is 11.0 Å². The van der Waals surface area contributed by atoms with Crippen LogP contribution in [0.25, 0.3) is 0 Å². The SMILES string of the molecule is Cc1ccc(C)c(NC(=S)NNC(=O)c2ccccc2Br)c1. The molecule has 0 aliphatic rings. The highest BCUT2D eigenvalue weighted by Crippen LogP contribution is 2.16. The zero-order chi connectivity index (χ0) is 16.1. The van der Waals surface area contributed by atoms with Crippen molar-refractivity contribution in [3.8, 4) is 0 Å². The monoisotopic (exact) mass is 377 g/mol. The number of carbonyl (C=O) groups excluding carboxylic acids is 1. The van der Waals surface area contributed by atoms with Crippen molar-refractivity contribution in [1.82, 2.24) is 10.9 Å². The van der Waals surface area contributed by atoms with Crippen LogP contribution in [0, 0.1) is 13.8 Å². The standard InChI is InChI=1S/C16H16BrN3OS/c1-10-7-8-11(2)14(9-10)18-16(22)20-19-15(21)12-5-3-4-6-13(12)17/h3-9H,1-2H3,(H,19,21)(H2,18,20,22). The van der Waals surface area contributed by atoms with E-state index in [9.17, 15) is 4.79 Å². The third-order valence-electron chi connectivity index (χ3n) is 3.05. The molecule has 0 radical (unpaired) electrons. The number of hydrogen-bond acceptors (Lipinski definition) is 2. The van der Waals surface area contributed by atoms with Crippen LogP contribution in [0.2, 0.25) is 0 Å². The van der Waals surface area contributed by atoms with E-state index in [1.807, 2.05) is 44.2 Å². The summed E-state index contributed by atoms with van der Waals surface area (Å²) in [7, 11) is 0. The molecule has 6 heteroatoms. The van der Waals surface area contributed by atoms with Crippen molar-refractivity contribution in [2.75, 3.05) is 5.32 Å². The van der Waals surface area contributed by atoms with Gasteiger partial charge in [-0.15, -0.1) is 0 Å². The third kappa shape index (κ3) is 4.29. The maximum atomic E-state index is 12.1. The number of hydrogen-bond donors (Lipinski definition) is 3. The van der Waals surface area contributed by atoms with E-state index in [0.29, 0.717) is 10.7 Å². The zero-order valence-corrected chi connectivity index (χ0v) is 14.6. The highest BCUT2D eigenvalue weighted by atomic mass is 79.9. The van der Waals surface area contributed by atoms with Gasteiger partial charge in [0.1, 0.15) is 0 Å². The van der Waals surface area contributed by atoms with Crippen LogP contribution in [-0.2, 0) is 0 Å². The molecule has 0 heterocycles. The van der Waals surface area contributed by atoms with Crippen molar-refractivity contribution in [3.63, 3.8) is 0 Å². The molecule has 0 fully saturated rings. The fourth-order valence-corrected chi connectivity index (χ4v) is 2.48. The maximum absolute atomic E-state index is 12.1. The minimum atomic E-state index is -0.266. The number of hydrazine groups is 1. The molecule has 4 nitrogen and oxygen atoms in total. The number of aryl methyl sites for hydroxylation is 2. The van der Waals surface area contributed by atoms with E-state index in [1.165, 1.54) is 0 Å². The average Bonchev–Trinajstić information content (AvgIpc) is 2.49. The molecule has 2 aromatic carbocycles. The van der Waals surface area contributed by atoms with Crippen LogP contribution in [0.15, 0.2) is 46.9 Å². The van der Waals surface area contributed by atoms with E-state index in [1.54, 1.807) is 12.1 Å². The minimum Gasteiger partial charge on any atom is -0.331 e. The lowest BCUT2D eigenvalue weighted by Gasteiger charge is -2.14. The Bertz CT molecular complexity index is 718. The van der Waals surface area contributed by atoms with Crippen LogP contribution in [0.1, 0.15) is 21.5 Å². The van der Waals surface area contributed by atoms with Gasteiger partial charge in [-0.1, -0.05) is 24.3 Å². The second-order valence-electron chi connectivity index (χ2n) is 4.83. The fourth-order valence-electron chi connectivity index (χ4n) is 1.85. The number of nitrogens with one attached hydrogen (secondary N) is 3. The maximum Gasteiger partial charge on any atom is 0.270 e. The molecular formula is C16H16BrN3OS. The van der Waals surface area contributed by atoms with Gasteiger partial charge in [0.2, 0.25) is 0 Å². The highest BCUT2D eigenvalue weighted by molar-refractivity contribution is 9.10. The van der Waals surface area contributed by atoms with Gasteiger partial charge in [0, 0.05) is 10.2 Å². The van der Waals surface area contributed by atoms with Crippen LogP contribution in [0.4, 0.5) is 5.69 Å². The van der Waals surface area contributed by atoms with E-state index in [-0.39, 0.29) is 5.91 Å². The molecule has 0 unspecified atom stereocenters. The molecule has 2 rings (SSSR count). The van der Waals surface area contributed by atoms with Crippen molar-refractivity contribution in [2.45, 2.75) is 13.8 Å². The molecule has 1 amide bonds. The second kappa shape index (κ2) is 7.38. The molecule has 0 aliphatic heterocycles. The number of carbonyl (C=O) groups is 1. The first-order valence-corrected chi connectivity index (χ1v) is 7.86. The lowest BCUT2D eigenvalue weighted by molar-refractivity contribution is 0.0943. The Balaban J connectivity index is 1.94. The summed E-state index contributed by atoms with van der Waals surface area (Å²) in [5.74, 6) is -0.266. The van der Waals surface area contributed by atoms with Crippen LogP contribution >= 0.6 is 28.1 Å². The third-order valence-corrected chi connectivity index (χ3v) is 3.94. The molecule has 0 atom stereocenters. The van der Waals surface area contributed by atoms with E-state index in [2.05, 4.69) is 32.1 Å². The van der Waals surface area contributed by atoms with Gasteiger partial charge >= 0.3 is 0 Å². The highest BCUT2D eigenvalue weighted by Gasteiger charge is 2.09. The topological polar surface area (TPSA) is 53.2 Å². The van der Waals surface area contributed by atoms with Gasteiger partial charge in [-0.05, 0) is 71.3 Å². The summed E-state index contributed by atoms with van der Waals surface area (Å²) in [4.78, 5) is 12.1. The van der Waals surface area contributed by atoms with Gasteiger partial charge in [-0.2, -0.15) is 0 Å². The Labute approximate surface area is 143 Å². The Morgan fingerprint density at radius 3 is 2.55 bits per heavy atom. The molecule has 22 heavy (non-hydrogen) atoms. The van der Waals surface area contributed by atoms with Gasteiger partial charge in [0.15, 0.2) is 5.11 Å². The van der Waals surface area contributed by atoms with Crippen molar-refractivity contribution >= 4 is 44.9 Å². The van der Waals surface area contributed by atoms with Crippen molar-refractivity contribution in [2.24, 2.45) is 0 Å². The molecular weight excluding hydrogens is 362 g/mol. The van der Waals surface area contributed by atoms with Crippen LogP contribution in [0.3, 0.4) is 0 Å². The number of halogens is 1. The lowest BCUT2D eigenvalue weighted by Crippen LogP contribution is -2.43. The Kier molecular flexibility index (Phi) is 5.51. The van der Waals surface area contributed by atoms with Crippen LogP contribution < -0.4 is 16.2 Å². The number of amides is 1. The van der Waals surface area contributed by atoms with Gasteiger partial charge in [0.05, 0.1) is 5.56 Å². The normalized spacial score (nSPS) is 9.95. The largest absolute Gasteiger partial charge is 0.331 e. The molecule has 0 saturated heterocycles. The first-order valence-electron chi connectivity index (χ1n) is 6.66. The molecule has 114 valence electrons. The molecule has 0 bridgehead atoms. The van der Waals surface area contributed by atoms with Crippen molar-refractivity contribution < 1.29 is 4.79 Å². The van der Waals surface area contributed by atoms with E-state index < -0.39 is 0 Å². The smallest absolute Gasteiger partial charge is 0.270 e. The number of benzene rings is 2. The molecule has 0 aromatic heterocycles. The molecule has 2 aromatic rings. The fraction of sp³-hybridized carbons (Fsp3) is 0.125. The molecule has 0 aliphatic carbocycles. The zero-order valence-electron chi connectivity index (χ0n) is 12.2. The van der Waals surface area contributed by atoms with Gasteiger partial charge in [-0.3, -0.25) is 15.6 Å². The summed E-state index contributed by atoms with van der Waals surface area (Å²) in [6.45, 7) is 4.00. The summed E-state index contributed by atoms with van der Waals surface area (Å²) in [6.07, 6.45) is 0. The molecule has 3 N–H and O–H groups in total. The van der Waals surface area contributed by atoms with Gasteiger partial charge in [-0.25, -0.2) is 0 Å². The number of thiocarbonyl (C=S) groups is 1. The summed E-state index contributed by atoms with van der Waals surface area (Å²) in [5.41, 5.74) is 8.92. The quantitative estimate of drug-likeness (QED) is 0.551. The van der Waals surface area contributed by atoms with Crippen molar-refractivity contribution in [1.29, 1.82) is 0 Å². The summed E-state index contributed by atoms with van der Waals surface area (Å²) in [6, 6.07) is 13.2. The van der Waals surface area contributed by atoms with Crippen LogP contribution in [0.5, 0.6) is 0 Å². The lowest BCUT2D eigenvalue weighted by atomic mass is 10.1.